The lowest BCUT2D eigenvalue weighted by atomic mass is 10.3. The molecule has 0 aliphatic heterocycles. The molecule has 1 aromatic carbocycles. The molecule has 82 valence electrons. The number of methoxy groups -OCH3 is 1. The quantitative estimate of drug-likeness (QED) is 0.790. The number of aromatic nitrogens is 3. The molecular formula is C10H8ClN3O2. The smallest absolute Gasteiger partial charge is 0.372 e. The van der Waals surface area contributed by atoms with E-state index >= 15 is 0 Å². The number of hydrogen-bond donors (Lipinski definition) is 0. The lowest BCUT2D eigenvalue weighted by Crippen LogP contribution is -2.23. The van der Waals surface area contributed by atoms with Gasteiger partial charge >= 0.3 is 5.69 Å². The van der Waals surface area contributed by atoms with E-state index in [2.05, 4.69) is 10.1 Å². The van der Waals surface area contributed by atoms with Gasteiger partial charge in [-0.15, -0.1) is 0 Å². The fraction of sp³-hybridized carbons (Fsp3) is 0.100. The number of benzene rings is 1. The molecule has 2 aromatic rings. The molecule has 0 radical (unpaired) electrons. The molecule has 0 fully saturated rings. The third-order valence-electron chi connectivity index (χ3n) is 1.95. The van der Waals surface area contributed by atoms with Crippen molar-refractivity contribution in [2.24, 2.45) is 0 Å². The Morgan fingerprint density at radius 2 is 2.00 bits per heavy atom. The summed E-state index contributed by atoms with van der Waals surface area (Å²) in [6, 6.07) is 6.72. The summed E-state index contributed by atoms with van der Waals surface area (Å²) in [7, 11) is 1.43. The summed E-state index contributed by atoms with van der Waals surface area (Å²) < 4.78 is 5.96. The van der Waals surface area contributed by atoms with E-state index in [0.717, 1.165) is 0 Å². The molecular weight excluding hydrogens is 230 g/mol. The van der Waals surface area contributed by atoms with Gasteiger partial charge in [0.15, 0.2) is 0 Å². The Hall–Kier alpha value is -1.88. The molecule has 0 aliphatic rings. The van der Waals surface area contributed by atoms with Crippen molar-refractivity contribution in [3.05, 3.63) is 46.0 Å². The molecule has 0 bridgehead atoms. The van der Waals surface area contributed by atoms with Crippen molar-refractivity contribution in [3.63, 3.8) is 0 Å². The zero-order chi connectivity index (χ0) is 11.5. The van der Waals surface area contributed by atoms with Crippen LogP contribution in [0, 0.1) is 0 Å². The number of ether oxygens (including phenoxy) is 1. The fourth-order valence-electron chi connectivity index (χ4n) is 1.18. The molecule has 0 atom stereocenters. The van der Waals surface area contributed by atoms with Gasteiger partial charge in [-0.3, -0.25) is 0 Å². The Morgan fingerprint density at radius 1 is 1.31 bits per heavy atom. The van der Waals surface area contributed by atoms with Crippen molar-refractivity contribution in [1.29, 1.82) is 0 Å². The van der Waals surface area contributed by atoms with Gasteiger partial charge in [-0.2, -0.15) is 14.8 Å². The summed E-state index contributed by atoms with van der Waals surface area (Å²) in [5, 5.41) is 4.52. The predicted molar refractivity (Wildman–Crippen MR) is 59.2 cm³/mol. The molecule has 0 spiro atoms. The Balaban J connectivity index is 2.48. The molecule has 0 unspecified atom stereocenters. The first-order valence-electron chi connectivity index (χ1n) is 4.47. The van der Waals surface area contributed by atoms with E-state index in [1.54, 1.807) is 24.3 Å². The summed E-state index contributed by atoms with van der Waals surface area (Å²) in [6.45, 7) is 0. The zero-order valence-corrected chi connectivity index (χ0v) is 9.18. The first kappa shape index (κ1) is 10.6. The maximum Gasteiger partial charge on any atom is 0.372 e. The highest BCUT2D eigenvalue weighted by Gasteiger charge is 2.03. The van der Waals surface area contributed by atoms with Crippen molar-refractivity contribution in [1.82, 2.24) is 14.8 Å². The van der Waals surface area contributed by atoms with Crippen LogP contribution in [0.4, 0.5) is 0 Å². The highest BCUT2D eigenvalue weighted by Crippen LogP contribution is 2.11. The Labute approximate surface area is 96.3 Å². The van der Waals surface area contributed by atoms with Crippen LogP contribution in [0.2, 0.25) is 5.02 Å². The van der Waals surface area contributed by atoms with Gasteiger partial charge in [0.2, 0.25) is 5.88 Å². The molecule has 0 saturated carbocycles. The third kappa shape index (κ3) is 2.04. The molecule has 2 rings (SSSR count). The van der Waals surface area contributed by atoms with Crippen LogP contribution in [0.3, 0.4) is 0 Å². The number of hydrogen-bond acceptors (Lipinski definition) is 4. The maximum atomic E-state index is 11.6. The molecule has 0 saturated heterocycles. The Kier molecular flexibility index (Phi) is 2.87. The van der Waals surface area contributed by atoms with E-state index in [1.807, 2.05) is 0 Å². The van der Waals surface area contributed by atoms with E-state index in [1.165, 1.54) is 18.0 Å². The summed E-state index contributed by atoms with van der Waals surface area (Å²) in [4.78, 5) is 15.2. The average Bonchev–Trinajstić information content (AvgIpc) is 2.30. The standard InChI is InChI=1S/C10H8ClN3O2/c1-16-9-6-12-14(10(15)13-9)8-4-2-7(11)3-5-8/h2-6H,1H3. The van der Waals surface area contributed by atoms with E-state index in [-0.39, 0.29) is 5.88 Å². The molecule has 1 aromatic heterocycles. The first-order chi connectivity index (χ1) is 7.70. The lowest BCUT2D eigenvalue weighted by Gasteiger charge is -2.03. The fourth-order valence-corrected chi connectivity index (χ4v) is 1.31. The van der Waals surface area contributed by atoms with Gasteiger partial charge in [0, 0.05) is 5.02 Å². The Bertz CT molecular complexity index is 551. The number of rotatable bonds is 2. The van der Waals surface area contributed by atoms with Crippen LogP contribution in [-0.4, -0.2) is 21.9 Å². The summed E-state index contributed by atoms with van der Waals surface area (Å²) in [5.74, 6) is 0.190. The van der Waals surface area contributed by atoms with E-state index in [9.17, 15) is 4.79 Å². The van der Waals surface area contributed by atoms with Crippen molar-refractivity contribution in [2.45, 2.75) is 0 Å². The molecule has 1 heterocycles. The van der Waals surface area contributed by atoms with Crippen LogP contribution < -0.4 is 10.4 Å². The summed E-state index contributed by atoms with van der Waals surface area (Å²) in [5.41, 5.74) is 0.103. The van der Waals surface area contributed by atoms with Crippen molar-refractivity contribution < 1.29 is 4.74 Å². The van der Waals surface area contributed by atoms with Gasteiger partial charge in [0.1, 0.15) is 6.20 Å². The van der Waals surface area contributed by atoms with E-state index in [0.29, 0.717) is 10.7 Å². The van der Waals surface area contributed by atoms with Gasteiger partial charge in [-0.25, -0.2) is 4.79 Å². The van der Waals surface area contributed by atoms with Crippen molar-refractivity contribution in [3.8, 4) is 11.6 Å². The highest BCUT2D eigenvalue weighted by atomic mass is 35.5. The van der Waals surface area contributed by atoms with Crippen LogP contribution in [-0.2, 0) is 0 Å². The minimum Gasteiger partial charge on any atom is -0.480 e. The number of halogens is 1. The van der Waals surface area contributed by atoms with Gasteiger partial charge in [0.05, 0.1) is 12.8 Å². The van der Waals surface area contributed by atoms with E-state index < -0.39 is 5.69 Å². The average molecular weight is 238 g/mol. The predicted octanol–water partition coefficient (Wildman–Crippen LogP) is 1.29. The second-order valence-electron chi connectivity index (χ2n) is 2.97. The van der Waals surface area contributed by atoms with E-state index in [4.69, 9.17) is 16.3 Å². The molecule has 0 aliphatic carbocycles. The largest absolute Gasteiger partial charge is 0.480 e. The third-order valence-corrected chi connectivity index (χ3v) is 2.20. The summed E-state index contributed by atoms with van der Waals surface area (Å²) in [6.07, 6.45) is 1.37. The molecule has 6 heteroatoms. The van der Waals surface area contributed by atoms with Crippen LogP contribution >= 0.6 is 11.6 Å². The lowest BCUT2D eigenvalue weighted by molar-refractivity contribution is 0.389. The first-order valence-corrected chi connectivity index (χ1v) is 4.85. The minimum absolute atomic E-state index is 0.190. The SMILES string of the molecule is COc1cnn(-c2ccc(Cl)cc2)c(=O)n1. The van der Waals surface area contributed by atoms with Gasteiger partial charge in [-0.05, 0) is 24.3 Å². The number of nitrogens with zero attached hydrogens (tertiary/aromatic N) is 3. The van der Waals surface area contributed by atoms with Gasteiger partial charge < -0.3 is 4.74 Å². The van der Waals surface area contributed by atoms with Crippen molar-refractivity contribution in [2.75, 3.05) is 7.11 Å². The normalized spacial score (nSPS) is 10.1. The van der Waals surface area contributed by atoms with Gasteiger partial charge in [0.25, 0.3) is 0 Å². The minimum atomic E-state index is -0.498. The highest BCUT2D eigenvalue weighted by molar-refractivity contribution is 6.30. The zero-order valence-electron chi connectivity index (χ0n) is 8.42. The maximum absolute atomic E-state index is 11.6. The second-order valence-corrected chi connectivity index (χ2v) is 3.41. The van der Waals surface area contributed by atoms with Crippen molar-refractivity contribution >= 4 is 11.6 Å². The monoisotopic (exact) mass is 237 g/mol. The van der Waals surface area contributed by atoms with Crippen LogP contribution in [0.25, 0.3) is 5.69 Å². The Morgan fingerprint density at radius 3 is 2.56 bits per heavy atom. The summed E-state index contributed by atoms with van der Waals surface area (Å²) >= 11 is 5.74. The second kappa shape index (κ2) is 4.32. The topological polar surface area (TPSA) is 57.0 Å². The van der Waals surface area contributed by atoms with Gasteiger partial charge in [-0.1, -0.05) is 11.6 Å². The molecule has 5 nitrogen and oxygen atoms in total. The van der Waals surface area contributed by atoms with Crippen LogP contribution in [0.15, 0.2) is 35.3 Å². The van der Waals surface area contributed by atoms with Crippen LogP contribution in [0.5, 0.6) is 5.88 Å². The van der Waals surface area contributed by atoms with Crippen LogP contribution in [0.1, 0.15) is 0 Å². The molecule has 16 heavy (non-hydrogen) atoms. The molecule has 0 N–H and O–H groups in total. The molecule has 0 amide bonds.